The van der Waals surface area contributed by atoms with Gasteiger partial charge in [-0.05, 0) is 18.2 Å². The lowest BCUT2D eigenvalue weighted by Crippen LogP contribution is -2.49. The number of amides is 1. The SMILES string of the molecule is COC(=O)c1cc([N+](=O)[O-])ccc1N1CCN(C(=O)c2cc(OC)cc(OC)c2)CC1. The number of benzene rings is 2. The summed E-state index contributed by atoms with van der Waals surface area (Å²) >= 11 is 0. The number of hydrogen-bond donors (Lipinski definition) is 0. The Morgan fingerprint density at radius 1 is 0.935 bits per heavy atom. The lowest BCUT2D eigenvalue weighted by Gasteiger charge is -2.36. The molecule has 1 heterocycles. The molecule has 0 bridgehead atoms. The van der Waals surface area contributed by atoms with Crippen LogP contribution in [-0.4, -0.2) is 69.2 Å². The van der Waals surface area contributed by atoms with Crippen molar-refractivity contribution in [3.8, 4) is 11.5 Å². The lowest BCUT2D eigenvalue weighted by atomic mass is 10.1. The summed E-state index contributed by atoms with van der Waals surface area (Å²) in [5, 5.41) is 11.1. The molecule has 10 nitrogen and oxygen atoms in total. The fourth-order valence-electron chi connectivity index (χ4n) is 3.45. The van der Waals surface area contributed by atoms with Crippen molar-refractivity contribution in [2.45, 2.75) is 0 Å². The minimum Gasteiger partial charge on any atom is -0.497 e. The molecule has 1 aliphatic heterocycles. The van der Waals surface area contributed by atoms with Gasteiger partial charge >= 0.3 is 5.97 Å². The Balaban J connectivity index is 1.77. The van der Waals surface area contributed by atoms with E-state index in [9.17, 15) is 19.7 Å². The molecule has 3 rings (SSSR count). The predicted molar refractivity (Wildman–Crippen MR) is 112 cm³/mol. The summed E-state index contributed by atoms with van der Waals surface area (Å²) in [5.41, 5.74) is 0.918. The number of non-ortho nitro benzene ring substituents is 1. The van der Waals surface area contributed by atoms with Crippen LogP contribution in [0, 0.1) is 10.1 Å². The molecule has 0 N–H and O–H groups in total. The van der Waals surface area contributed by atoms with Crippen molar-refractivity contribution in [1.82, 2.24) is 4.90 Å². The van der Waals surface area contributed by atoms with E-state index in [1.165, 1.54) is 39.5 Å². The van der Waals surface area contributed by atoms with Gasteiger partial charge in [0.1, 0.15) is 11.5 Å². The van der Waals surface area contributed by atoms with Gasteiger partial charge in [0.25, 0.3) is 11.6 Å². The third kappa shape index (κ3) is 4.68. The molecule has 0 unspecified atom stereocenters. The second kappa shape index (κ2) is 9.33. The summed E-state index contributed by atoms with van der Waals surface area (Å²) in [6.07, 6.45) is 0. The van der Waals surface area contributed by atoms with Crippen LogP contribution in [0.15, 0.2) is 36.4 Å². The number of carbonyl (C=O) groups is 2. The monoisotopic (exact) mass is 429 g/mol. The van der Waals surface area contributed by atoms with E-state index in [1.807, 2.05) is 4.90 Å². The van der Waals surface area contributed by atoms with Crippen molar-refractivity contribution in [3.63, 3.8) is 0 Å². The normalized spacial score (nSPS) is 13.5. The summed E-state index contributed by atoms with van der Waals surface area (Å²) in [4.78, 5) is 39.3. The van der Waals surface area contributed by atoms with E-state index in [1.54, 1.807) is 23.1 Å². The van der Waals surface area contributed by atoms with Crippen molar-refractivity contribution < 1.29 is 28.7 Å². The van der Waals surface area contributed by atoms with Crippen molar-refractivity contribution in [1.29, 1.82) is 0 Å². The first-order valence-electron chi connectivity index (χ1n) is 9.52. The molecule has 0 aliphatic carbocycles. The van der Waals surface area contributed by atoms with Crippen LogP contribution in [0.25, 0.3) is 0 Å². The molecule has 0 atom stereocenters. The van der Waals surface area contributed by atoms with Crippen molar-refractivity contribution in [2.24, 2.45) is 0 Å². The Morgan fingerprint density at radius 2 is 1.55 bits per heavy atom. The minimum atomic E-state index is -0.652. The molecule has 0 aromatic heterocycles. The summed E-state index contributed by atoms with van der Waals surface area (Å²) in [6.45, 7) is 1.73. The zero-order valence-corrected chi connectivity index (χ0v) is 17.5. The molecule has 1 aliphatic rings. The number of ether oxygens (including phenoxy) is 3. The van der Waals surface area contributed by atoms with Gasteiger partial charge in [-0.2, -0.15) is 0 Å². The zero-order valence-electron chi connectivity index (χ0n) is 17.5. The predicted octanol–water partition coefficient (Wildman–Crippen LogP) is 2.36. The summed E-state index contributed by atoms with van der Waals surface area (Å²) in [5.74, 6) is 0.235. The van der Waals surface area contributed by atoms with Crippen molar-refractivity contribution >= 4 is 23.3 Å². The number of methoxy groups -OCH3 is 3. The molecule has 164 valence electrons. The van der Waals surface area contributed by atoms with Crippen molar-refractivity contribution in [2.75, 3.05) is 52.4 Å². The molecule has 0 radical (unpaired) electrons. The number of rotatable bonds is 6. The van der Waals surface area contributed by atoms with Gasteiger partial charge in [0, 0.05) is 49.9 Å². The molecule has 2 aromatic carbocycles. The van der Waals surface area contributed by atoms with E-state index >= 15 is 0 Å². The molecule has 31 heavy (non-hydrogen) atoms. The Labute approximate surface area is 179 Å². The highest BCUT2D eigenvalue weighted by Crippen LogP contribution is 2.28. The standard InChI is InChI=1S/C21H23N3O7/c1-29-16-10-14(11-17(13-16)30-2)20(25)23-8-6-22(7-9-23)19-5-4-15(24(27)28)12-18(19)21(26)31-3/h4-5,10-13H,6-9H2,1-3H3. The Bertz CT molecular complexity index is 978. The first-order chi connectivity index (χ1) is 14.9. The largest absolute Gasteiger partial charge is 0.497 e. The molecular formula is C21H23N3O7. The highest BCUT2D eigenvalue weighted by atomic mass is 16.6. The fraction of sp³-hybridized carbons (Fsp3) is 0.333. The van der Waals surface area contributed by atoms with Gasteiger partial charge < -0.3 is 24.0 Å². The maximum atomic E-state index is 13.0. The van der Waals surface area contributed by atoms with Gasteiger partial charge in [0.2, 0.25) is 0 Å². The van der Waals surface area contributed by atoms with Crippen LogP contribution in [0.1, 0.15) is 20.7 Å². The highest BCUT2D eigenvalue weighted by molar-refractivity contribution is 5.97. The third-order valence-electron chi connectivity index (χ3n) is 5.10. The van der Waals surface area contributed by atoms with Crippen LogP contribution < -0.4 is 14.4 Å². The van der Waals surface area contributed by atoms with Gasteiger partial charge in [-0.3, -0.25) is 14.9 Å². The molecule has 0 saturated carbocycles. The molecule has 2 aromatic rings. The van der Waals surface area contributed by atoms with Crippen LogP contribution in [0.2, 0.25) is 0 Å². The third-order valence-corrected chi connectivity index (χ3v) is 5.10. The number of esters is 1. The Kier molecular flexibility index (Phi) is 6.58. The Morgan fingerprint density at radius 3 is 2.06 bits per heavy atom. The van der Waals surface area contributed by atoms with E-state index in [4.69, 9.17) is 14.2 Å². The van der Waals surface area contributed by atoms with Crippen LogP contribution in [-0.2, 0) is 4.74 Å². The van der Waals surface area contributed by atoms with Gasteiger partial charge in [0.15, 0.2) is 0 Å². The van der Waals surface area contributed by atoms with E-state index in [2.05, 4.69) is 0 Å². The number of anilines is 1. The van der Waals surface area contributed by atoms with Crippen molar-refractivity contribution in [3.05, 3.63) is 57.6 Å². The van der Waals surface area contributed by atoms with E-state index in [-0.39, 0.29) is 17.2 Å². The summed E-state index contributed by atoms with van der Waals surface area (Å²) in [7, 11) is 4.26. The smallest absolute Gasteiger partial charge is 0.340 e. The van der Waals surface area contributed by atoms with Gasteiger partial charge in [0.05, 0.1) is 37.5 Å². The lowest BCUT2D eigenvalue weighted by molar-refractivity contribution is -0.384. The fourth-order valence-corrected chi connectivity index (χ4v) is 3.45. The number of piperazine rings is 1. The summed E-state index contributed by atoms with van der Waals surface area (Å²) < 4.78 is 15.3. The van der Waals surface area contributed by atoms with Crippen LogP contribution in [0.4, 0.5) is 11.4 Å². The number of nitrogens with zero attached hydrogens (tertiary/aromatic N) is 3. The second-order valence-electron chi connectivity index (χ2n) is 6.83. The molecule has 1 saturated heterocycles. The quantitative estimate of drug-likeness (QED) is 0.391. The maximum absolute atomic E-state index is 13.0. The average molecular weight is 429 g/mol. The first-order valence-corrected chi connectivity index (χ1v) is 9.52. The van der Waals surface area contributed by atoms with Gasteiger partial charge in [-0.15, -0.1) is 0 Å². The molecule has 1 fully saturated rings. The first kappa shape index (κ1) is 21.9. The zero-order chi connectivity index (χ0) is 22.5. The average Bonchev–Trinajstić information content (AvgIpc) is 2.82. The molecule has 0 spiro atoms. The second-order valence-corrected chi connectivity index (χ2v) is 6.83. The van der Waals surface area contributed by atoms with Crippen LogP contribution >= 0.6 is 0 Å². The van der Waals surface area contributed by atoms with Gasteiger partial charge in [-0.1, -0.05) is 0 Å². The van der Waals surface area contributed by atoms with Crippen LogP contribution in [0.5, 0.6) is 11.5 Å². The highest BCUT2D eigenvalue weighted by Gasteiger charge is 2.27. The van der Waals surface area contributed by atoms with Gasteiger partial charge in [-0.25, -0.2) is 4.79 Å². The topological polar surface area (TPSA) is 111 Å². The van der Waals surface area contributed by atoms with E-state index in [0.29, 0.717) is 48.9 Å². The minimum absolute atomic E-state index is 0.119. The van der Waals surface area contributed by atoms with E-state index < -0.39 is 10.9 Å². The molecular weight excluding hydrogens is 406 g/mol. The molecule has 1 amide bonds. The summed E-state index contributed by atoms with van der Waals surface area (Å²) in [6, 6.07) is 9.10. The number of nitro groups is 1. The molecule has 10 heteroatoms. The number of hydrogen-bond acceptors (Lipinski definition) is 8. The van der Waals surface area contributed by atoms with Crippen LogP contribution in [0.3, 0.4) is 0 Å². The maximum Gasteiger partial charge on any atom is 0.340 e. The number of nitro benzene ring substituents is 1. The van der Waals surface area contributed by atoms with E-state index in [0.717, 1.165) is 0 Å². The number of carbonyl (C=O) groups excluding carboxylic acids is 2. The Hall–Kier alpha value is -3.82.